The van der Waals surface area contributed by atoms with Gasteiger partial charge in [-0.2, -0.15) is 4.98 Å². The summed E-state index contributed by atoms with van der Waals surface area (Å²) in [6.45, 7) is 0. The first-order valence-corrected chi connectivity index (χ1v) is 6.67. The zero-order chi connectivity index (χ0) is 13.9. The summed E-state index contributed by atoms with van der Waals surface area (Å²) in [4.78, 5) is 12.7. The number of aromatic nitrogens is 3. The standard InChI is InChI=1S/C13H11BrN6/c14-9-7-17-13(20-15)19-12(9)18-10-5-1-3-8-4-2-6-16-11(8)10/h1-7H,15H2,(H2,17,18,19,20). The lowest BCUT2D eigenvalue weighted by Gasteiger charge is -2.10. The first kappa shape index (κ1) is 12.8. The van der Waals surface area contributed by atoms with Gasteiger partial charge in [-0.25, -0.2) is 10.8 Å². The second kappa shape index (κ2) is 5.40. The molecule has 1 aromatic carbocycles. The van der Waals surface area contributed by atoms with Crippen molar-refractivity contribution in [2.75, 3.05) is 10.7 Å². The number of hydrogen-bond acceptors (Lipinski definition) is 6. The van der Waals surface area contributed by atoms with Crippen LogP contribution in [0.1, 0.15) is 0 Å². The summed E-state index contributed by atoms with van der Waals surface area (Å²) in [5, 5.41) is 4.29. The van der Waals surface area contributed by atoms with E-state index in [1.807, 2.05) is 30.3 Å². The molecule has 0 unspecified atom stereocenters. The van der Waals surface area contributed by atoms with E-state index in [9.17, 15) is 0 Å². The average Bonchev–Trinajstić information content (AvgIpc) is 2.50. The van der Waals surface area contributed by atoms with Crippen LogP contribution >= 0.6 is 15.9 Å². The van der Waals surface area contributed by atoms with Gasteiger partial charge in [0.05, 0.1) is 15.7 Å². The van der Waals surface area contributed by atoms with Gasteiger partial charge in [-0.1, -0.05) is 18.2 Å². The Labute approximate surface area is 123 Å². The van der Waals surface area contributed by atoms with Crippen LogP contribution in [0.15, 0.2) is 47.2 Å². The van der Waals surface area contributed by atoms with E-state index < -0.39 is 0 Å². The van der Waals surface area contributed by atoms with Crippen molar-refractivity contribution in [1.29, 1.82) is 0 Å². The van der Waals surface area contributed by atoms with Gasteiger partial charge in [-0.05, 0) is 28.1 Å². The quantitative estimate of drug-likeness (QED) is 0.505. The molecular formula is C13H11BrN6. The van der Waals surface area contributed by atoms with Crippen LogP contribution in [0.2, 0.25) is 0 Å². The molecule has 3 aromatic rings. The fourth-order valence-corrected chi connectivity index (χ4v) is 2.15. The Morgan fingerprint density at radius 2 is 1.95 bits per heavy atom. The number of nitrogens with two attached hydrogens (primary N) is 1. The van der Waals surface area contributed by atoms with Gasteiger partial charge in [0.1, 0.15) is 5.82 Å². The second-order valence-electron chi connectivity index (χ2n) is 4.04. The van der Waals surface area contributed by atoms with E-state index in [1.165, 1.54) is 0 Å². The Morgan fingerprint density at radius 1 is 1.10 bits per heavy atom. The molecule has 6 nitrogen and oxygen atoms in total. The molecule has 3 rings (SSSR count). The third kappa shape index (κ3) is 2.40. The number of halogens is 1. The Morgan fingerprint density at radius 3 is 2.80 bits per heavy atom. The van der Waals surface area contributed by atoms with Gasteiger partial charge in [-0.15, -0.1) is 0 Å². The topological polar surface area (TPSA) is 88.8 Å². The van der Waals surface area contributed by atoms with Gasteiger partial charge in [-0.3, -0.25) is 10.4 Å². The van der Waals surface area contributed by atoms with Crippen LogP contribution in [0.4, 0.5) is 17.5 Å². The molecule has 0 saturated heterocycles. The van der Waals surface area contributed by atoms with Gasteiger partial charge >= 0.3 is 0 Å². The molecule has 0 atom stereocenters. The van der Waals surface area contributed by atoms with Crippen LogP contribution in [0.3, 0.4) is 0 Å². The summed E-state index contributed by atoms with van der Waals surface area (Å²) in [7, 11) is 0. The molecule has 4 N–H and O–H groups in total. The minimum atomic E-state index is 0.337. The van der Waals surface area contributed by atoms with E-state index in [-0.39, 0.29) is 0 Å². The molecule has 2 heterocycles. The lowest BCUT2D eigenvalue weighted by atomic mass is 10.2. The van der Waals surface area contributed by atoms with E-state index in [0.29, 0.717) is 11.8 Å². The van der Waals surface area contributed by atoms with Crippen molar-refractivity contribution in [3.8, 4) is 0 Å². The van der Waals surface area contributed by atoms with Gasteiger partial charge < -0.3 is 5.32 Å². The summed E-state index contributed by atoms with van der Waals surface area (Å²) in [6.07, 6.45) is 3.39. The number of nitrogen functional groups attached to an aromatic ring is 1. The number of para-hydroxylation sites is 1. The maximum Gasteiger partial charge on any atom is 0.239 e. The molecule has 0 aliphatic heterocycles. The summed E-state index contributed by atoms with van der Waals surface area (Å²) in [5.74, 6) is 6.28. The van der Waals surface area contributed by atoms with Crippen molar-refractivity contribution in [2.24, 2.45) is 5.84 Å². The highest BCUT2D eigenvalue weighted by molar-refractivity contribution is 9.10. The monoisotopic (exact) mass is 330 g/mol. The summed E-state index contributed by atoms with van der Waals surface area (Å²) in [5.41, 5.74) is 4.16. The predicted octanol–water partition coefficient (Wildman–Crippen LogP) is 2.82. The first-order chi connectivity index (χ1) is 9.78. The minimum Gasteiger partial charge on any atom is -0.337 e. The van der Waals surface area contributed by atoms with E-state index in [2.05, 4.69) is 41.6 Å². The maximum absolute atomic E-state index is 5.32. The second-order valence-corrected chi connectivity index (χ2v) is 4.89. The summed E-state index contributed by atoms with van der Waals surface area (Å²) < 4.78 is 0.740. The predicted molar refractivity (Wildman–Crippen MR) is 82.6 cm³/mol. The summed E-state index contributed by atoms with van der Waals surface area (Å²) >= 11 is 3.40. The third-order valence-electron chi connectivity index (χ3n) is 2.76. The zero-order valence-corrected chi connectivity index (χ0v) is 11.9. The number of rotatable bonds is 3. The number of hydrazine groups is 1. The van der Waals surface area contributed by atoms with Crippen LogP contribution in [-0.4, -0.2) is 15.0 Å². The highest BCUT2D eigenvalue weighted by Crippen LogP contribution is 2.27. The number of anilines is 3. The normalized spacial score (nSPS) is 10.5. The van der Waals surface area contributed by atoms with Crippen LogP contribution in [0, 0.1) is 0 Å². The van der Waals surface area contributed by atoms with Crippen LogP contribution in [0.25, 0.3) is 10.9 Å². The SMILES string of the molecule is NNc1ncc(Br)c(Nc2cccc3cccnc23)n1. The molecule has 0 amide bonds. The molecular weight excluding hydrogens is 320 g/mol. The smallest absolute Gasteiger partial charge is 0.239 e. The van der Waals surface area contributed by atoms with Crippen molar-refractivity contribution in [3.05, 3.63) is 47.2 Å². The molecule has 100 valence electrons. The third-order valence-corrected chi connectivity index (χ3v) is 3.34. The van der Waals surface area contributed by atoms with Crippen molar-refractivity contribution < 1.29 is 0 Å². The van der Waals surface area contributed by atoms with Crippen LogP contribution < -0.4 is 16.6 Å². The van der Waals surface area contributed by atoms with E-state index >= 15 is 0 Å². The Bertz CT molecular complexity index is 755. The molecule has 0 fully saturated rings. The van der Waals surface area contributed by atoms with E-state index in [0.717, 1.165) is 21.1 Å². The Hall–Kier alpha value is -2.25. The lowest BCUT2D eigenvalue weighted by molar-refractivity contribution is 1.11. The Kier molecular flexibility index (Phi) is 3.44. The van der Waals surface area contributed by atoms with E-state index in [4.69, 9.17) is 5.84 Å². The fourth-order valence-electron chi connectivity index (χ4n) is 1.86. The molecule has 0 aliphatic rings. The average molecular weight is 331 g/mol. The summed E-state index contributed by atoms with van der Waals surface area (Å²) in [6, 6.07) is 9.83. The van der Waals surface area contributed by atoms with Gasteiger partial charge in [0.2, 0.25) is 5.95 Å². The molecule has 7 heteroatoms. The number of benzene rings is 1. The minimum absolute atomic E-state index is 0.337. The highest BCUT2D eigenvalue weighted by Gasteiger charge is 2.07. The van der Waals surface area contributed by atoms with Crippen molar-refractivity contribution in [3.63, 3.8) is 0 Å². The first-order valence-electron chi connectivity index (χ1n) is 5.88. The van der Waals surface area contributed by atoms with Crippen molar-refractivity contribution in [2.45, 2.75) is 0 Å². The molecule has 0 bridgehead atoms. The highest BCUT2D eigenvalue weighted by atomic mass is 79.9. The zero-order valence-electron chi connectivity index (χ0n) is 10.3. The number of pyridine rings is 1. The maximum atomic E-state index is 5.32. The van der Waals surface area contributed by atoms with Gasteiger partial charge in [0, 0.05) is 17.8 Å². The van der Waals surface area contributed by atoms with Crippen molar-refractivity contribution in [1.82, 2.24) is 15.0 Å². The Balaban J connectivity index is 2.05. The van der Waals surface area contributed by atoms with Crippen LogP contribution in [0.5, 0.6) is 0 Å². The molecule has 2 aromatic heterocycles. The van der Waals surface area contributed by atoms with Gasteiger partial charge in [0.15, 0.2) is 0 Å². The van der Waals surface area contributed by atoms with Crippen LogP contribution in [-0.2, 0) is 0 Å². The molecule has 0 spiro atoms. The molecule has 0 saturated carbocycles. The largest absolute Gasteiger partial charge is 0.337 e. The van der Waals surface area contributed by atoms with Crippen molar-refractivity contribution >= 4 is 44.3 Å². The molecule has 20 heavy (non-hydrogen) atoms. The molecule has 0 aliphatic carbocycles. The number of nitrogens with zero attached hydrogens (tertiary/aromatic N) is 3. The van der Waals surface area contributed by atoms with E-state index in [1.54, 1.807) is 12.4 Å². The van der Waals surface area contributed by atoms with Gasteiger partial charge in [0.25, 0.3) is 0 Å². The lowest BCUT2D eigenvalue weighted by Crippen LogP contribution is -2.11. The number of hydrogen-bond donors (Lipinski definition) is 3. The number of fused-ring (bicyclic) bond motifs is 1. The number of nitrogens with one attached hydrogen (secondary N) is 2. The fraction of sp³-hybridized carbons (Fsp3) is 0. The molecule has 0 radical (unpaired) electrons.